The molecule has 142 valence electrons. The van der Waals surface area contributed by atoms with Crippen LogP contribution in [-0.2, 0) is 9.47 Å². The van der Waals surface area contributed by atoms with Gasteiger partial charge in [-0.05, 0) is 50.8 Å². The maximum Gasteiger partial charge on any atom is 0.113 e. The van der Waals surface area contributed by atoms with Gasteiger partial charge in [0.1, 0.15) is 11.3 Å². The van der Waals surface area contributed by atoms with Crippen LogP contribution in [0.15, 0.2) is 24.4 Å². The fourth-order valence-electron chi connectivity index (χ4n) is 4.60. The first-order valence-corrected chi connectivity index (χ1v) is 10.1. The summed E-state index contributed by atoms with van der Waals surface area (Å²) in [6.07, 6.45) is 6.59. The number of methoxy groups -OCH3 is 1. The third-order valence-corrected chi connectivity index (χ3v) is 6.36. The molecule has 1 aromatic carbocycles. The molecule has 0 amide bonds. The van der Waals surface area contributed by atoms with Crippen LogP contribution in [0.25, 0.3) is 21.9 Å². The van der Waals surface area contributed by atoms with Crippen LogP contribution in [0.1, 0.15) is 50.4 Å². The summed E-state index contributed by atoms with van der Waals surface area (Å²) in [6.45, 7) is 2.95. The van der Waals surface area contributed by atoms with Crippen molar-refractivity contribution in [1.29, 1.82) is 0 Å². The molecule has 0 spiro atoms. The number of fused-ring (bicyclic) bond motifs is 3. The van der Waals surface area contributed by atoms with Crippen LogP contribution >= 0.6 is 11.6 Å². The number of benzene rings is 1. The Morgan fingerprint density at radius 1 is 1.22 bits per heavy atom. The molecular weight excluding hydrogens is 362 g/mol. The highest BCUT2D eigenvalue weighted by Crippen LogP contribution is 2.43. The van der Waals surface area contributed by atoms with Gasteiger partial charge in [-0.15, -0.1) is 0 Å². The Bertz CT molecular complexity index is 996. The monoisotopic (exact) mass is 385 g/mol. The molecule has 6 heteroatoms. The third-order valence-electron chi connectivity index (χ3n) is 6.12. The third kappa shape index (κ3) is 2.93. The lowest BCUT2D eigenvalue weighted by Crippen LogP contribution is -2.33. The minimum Gasteiger partial charge on any atom is -0.381 e. The minimum atomic E-state index is 0.263. The Morgan fingerprint density at radius 2 is 2.07 bits per heavy atom. The van der Waals surface area contributed by atoms with Gasteiger partial charge in [0.15, 0.2) is 0 Å². The van der Waals surface area contributed by atoms with Gasteiger partial charge in [0, 0.05) is 36.1 Å². The zero-order valence-corrected chi connectivity index (χ0v) is 16.4. The molecule has 2 aromatic heterocycles. The Labute approximate surface area is 163 Å². The second-order valence-electron chi connectivity index (χ2n) is 7.88. The van der Waals surface area contributed by atoms with E-state index in [1.165, 1.54) is 5.82 Å². The normalized spacial score (nSPS) is 28.6. The van der Waals surface area contributed by atoms with Gasteiger partial charge in [0.2, 0.25) is 0 Å². The largest absolute Gasteiger partial charge is 0.381 e. The summed E-state index contributed by atoms with van der Waals surface area (Å²) < 4.78 is 13.8. The molecule has 1 saturated heterocycles. The molecule has 0 N–H and O–H groups in total. The summed E-state index contributed by atoms with van der Waals surface area (Å²) >= 11 is 6.33. The molecule has 2 atom stereocenters. The lowest BCUT2D eigenvalue weighted by molar-refractivity contribution is 0.00214. The molecule has 2 fully saturated rings. The summed E-state index contributed by atoms with van der Waals surface area (Å²) in [4.78, 5) is 9.66. The first kappa shape index (κ1) is 17.4. The molecule has 1 aliphatic heterocycles. The first-order chi connectivity index (χ1) is 13.1. The Kier molecular flexibility index (Phi) is 4.34. The molecule has 1 aliphatic carbocycles. The van der Waals surface area contributed by atoms with E-state index in [1.807, 2.05) is 24.4 Å². The van der Waals surface area contributed by atoms with Crippen LogP contribution in [0.3, 0.4) is 0 Å². The second kappa shape index (κ2) is 6.73. The molecule has 1 saturated carbocycles. The van der Waals surface area contributed by atoms with E-state index < -0.39 is 0 Å². The molecule has 3 heterocycles. The highest BCUT2D eigenvalue weighted by molar-refractivity contribution is 6.31. The van der Waals surface area contributed by atoms with Crippen molar-refractivity contribution in [3.8, 4) is 0 Å². The van der Waals surface area contributed by atoms with Crippen molar-refractivity contribution in [2.24, 2.45) is 0 Å². The topological polar surface area (TPSA) is 49.2 Å². The number of hydrogen-bond donors (Lipinski definition) is 0. The molecule has 5 rings (SSSR count). The molecule has 0 unspecified atom stereocenters. The quantitative estimate of drug-likeness (QED) is 0.645. The molecule has 0 radical (unpaired) electrons. The van der Waals surface area contributed by atoms with Crippen LogP contribution in [0.4, 0.5) is 0 Å². The van der Waals surface area contributed by atoms with E-state index in [1.54, 1.807) is 7.11 Å². The van der Waals surface area contributed by atoms with Crippen molar-refractivity contribution in [3.05, 3.63) is 35.2 Å². The smallest absolute Gasteiger partial charge is 0.113 e. The van der Waals surface area contributed by atoms with E-state index >= 15 is 0 Å². The lowest BCUT2D eigenvalue weighted by Gasteiger charge is -2.36. The highest BCUT2D eigenvalue weighted by Gasteiger charge is 2.36. The molecule has 0 bridgehead atoms. The van der Waals surface area contributed by atoms with Crippen molar-refractivity contribution in [1.82, 2.24) is 14.5 Å². The standard InChI is InChI=1S/C21H24ClN3O2/c1-12-7-15(5-6-27-12)25-20-17-10-14(22)3-4-18(17)23-11-19(20)24-21(25)13-8-16(9-13)26-2/h3-4,10-13,15-16H,5-9H2,1-2H3/t12-,13-,15-,16+/m1/s1. The number of hydrogen-bond acceptors (Lipinski definition) is 4. The molecule has 5 nitrogen and oxygen atoms in total. The van der Waals surface area contributed by atoms with E-state index in [-0.39, 0.29) is 6.10 Å². The van der Waals surface area contributed by atoms with E-state index in [9.17, 15) is 0 Å². The maximum atomic E-state index is 6.33. The van der Waals surface area contributed by atoms with Gasteiger partial charge >= 0.3 is 0 Å². The van der Waals surface area contributed by atoms with E-state index in [0.29, 0.717) is 18.1 Å². The number of imidazole rings is 1. The summed E-state index contributed by atoms with van der Waals surface area (Å²) in [5.41, 5.74) is 3.08. The summed E-state index contributed by atoms with van der Waals surface area (Å²) in [6, 6.07) is 6.30. The van der Waals surface area contributed by atoms with Gasteiger partial charge in [-0.1, -0.05) is 11.6 Å². The van der Waals surface area contributed by atoms with Crippen LogP contribution in [0.2, 0.25) is 5.02 Å². The fraction of sp³-hybridized carbons (Fsp3) is 0.524. The van der Waals surface area contributed by atoms with Crippen LogP contribution < -0.4 is 0 Å². The summed E-state index contributed by atoms with van der Waals surface area (Å²) in [7, 11) is 1.80. The van der Waals surface area contributed by atoms with Gasteiger partial charge < -0.3 is 14.0 Å². The van der Waals surface area contributed by atoms with Crippen LogP contribution in [0.5, 0.6) is 0 Å². The summed E-state index contributed by atoms with van der Waals surface area (Å²) in [5.74, 6) is 1.61. The minimum absolute atomic E-state index is 0.263. The highest BCUT2D eigenvalue weighted by atomic mass is 35.5. The molecule has 27 heavy (non-hydrogen) atoms. The van der Waals surface area contributed by atoms with Gasteiger partial charge in [-0.3, -0.25) is 4.98 Å². The Morgan fingerprint density at radius 3 is 2.85 bits per heavy atom. The van der Waals surface area contributed by atoms with Crippen LogP contribution in [0, 0.1) is 0 Å². The first-order valence-electron chi connectivity index (χ1n) is 9.74. The molecule has 2 aliphatic rings. The van der Waals surface area contributed by atoms with E-state index in [2.05, 4.69) is 16.5 Å². The SMILES string of the molecule is CO[C@H]1C[C@@H](c2nc3cnc4ccc(Cl)cc4c3n2[C@@H]2CCO[C@H](C)C2)C1. The average molecular weight is 386 g/mol. The predicted octanol–water partition coefficient (Wildman–Crippen LogP) is 4.87. The van der Waals surface area contributed by atoms with Crippen molar-refractivity contribution in [3.63, 3.8) is 0 Å². The van der Waals surface area contributed by atoms with Crippen molar-refractivity contribution >= 4 is 33.5 Å². The maximum absolute atomic E-state index is 6.33. The average Bonchev–Trinajstić information content (AvgIpc) is 3.00. The number of nitrogens with zero attached hydrogens (tertiary/aromatic N) is 3. The number of halogens is 1. The van der Waals surface area contributed by atoms with Crippen molar-refractivity contribution in [2.45, 2.75) is 56.8 Å². The van der Waals surface area contributed by atoms with Gasteiger partial charge in [0.05, 0.1) is 29.4 Å². The van der Waals surface area contributed by atoms with Gasteiger partial charge in [-0.2, -0.15) is 0 Å². The number of aromatic nitrogens is 3. The molecular formula is C21H24ClN3O2. The van der Waals surface area contributed by atoms with E-state index in [4.69, 9.17) is 26.1 Å². The Hall–Kier alpha value is -1.69. The fourth-order valence-corrected chi connectivity index (χ4v) is 4.77. The van der Waals surface area contributed by atoms with Crippen molar-refractivity contribution in [2.75, 3.05) is 13.7 Å². The lowest BCUT2D eigenvalue weighted by atomic mass is 9.81. The molecule has 3 aromatic rings. The number of rotatable bonds is 3. The predicted molar refractivity (Wildman–Crippen MR) is 107 cm³/mol. The zero-order chi connectivity index (χ0) is 18.5. The van der Waals surface area contributed by atoms with Gasteiger partial charge in [-0.25, -0.2) is 4.98 Å². The van der Waals surface area contributed by atoms with Crippen LogP contribution in [-0.4, -0.2) is 40.5 Å². The zero-order valence-electron chi connectivity index (χ0n) is 15.7. The summed E-state index contributed by atoms with van der Waals surface area (Å²) in [5, 5.41) is 1.81. The van der Waals surface area contributed by atoms with Gasteiger partial charge in [0.25, 0.3) is 0 Å². The van der Waals surface area contributed by atoms with Crippen molar-refractivity contribution < 1.29 is 9.47 Å². The van der Waals surface area contributed by atoms with E-state index in [0.717, 1.165) is 59.2 Å². The number of ether oxygens (including phenoxy) is 2. The second-order valence-corrected chi connectivity index (χ2v) is 8.32. The Balaban J connectivity index is 1.72. The number of pyridine rings is 1.